The topological polar surface area (TPSA) is 138 Å². The maximum atomic E-state index is 13.4. The molecular formula is C22H23N11O. The van der Waals surface area contributed by atoms with Gasteiger partial charge in [0.15, 0.2) is 0 Å². The lowest BCUT2D eigenvalue weighted by molar-refractivity contribution is 0.658. The van der Waals surface area contributed by atoms with Gasteiger partial charge in [-0.3, -0.25) is 9.55 Å². The molecule has 0 saturated carbocycles. The lowest BCUT2D eigenvalue weighted by atomic mass is 10.00. The highest BCUT2D eigenvalue weighted by Gasteiger charge is 2.18. The van der Waals surface area contributed by atoms with Crippen molar-refractivity contribution in [2.75, 3.05) is 0 Å². The van der Waals surface area contributed by atoms with Crippen molar-refractivity contribution in [3.05, 3.63) is 70.7 Å². The molecule has 0 atom stereocenters. The van der Waals surface area contributed by atoms with Crippen LogP contribution < -0.4 is 5.69 Å². The maximum Gasteiger partial charge on any atom is 0.335 e. The molecule has 1 aromatic carbocycles. The van der Waals surface area contributed by atoms with Crippen LogP contribution in [0.25, 0.3) is 28.5 Å². The fourth-order valence-electron chi connectivity index (χ4n) is 3.91. The van der Waals surface area contributed by atoms with Gasteiger partial charge in [-0.25, -0.2) is 14.0 Å². The summed E-state index contributed by atoms with van der Waals surface area (Å²) >= 11 is 0. The lowest BCUT2D eigenvalue weighted by Crippen LogP contribution is -2.26. The van der Waals surface area contributed by atoms with Crippen LogP contribution in [0.2, 0.25) is 0 Å². The highest BCUT2D eigenvalue weighted by atomic mass is 16.2. The van der Waals surface area contributed by atoms with Gasteiger partial charge in [0.2, 0.25) is 5.82 Å². The molecule has 4 heterocycles. The smallest absolute Gasteiger partial charge is 0.291 e. The molecule has 0 radical (unpaired) electrons. The third kappa shape index (κ3) is 4.00. The Hall–Kier alpha value is -4.48. The first-order chi connectivity index (χ1) is 16.7. The van der Waals surface area contributed by atoms with Gasteiger partial charge >= 0.3 is 5.69 Å². The zero-order valence-electron chi connectivity index (χ0n) is 18.8. The van der Waals surface area contributed by atoms with E-state index in [-0.39, 0.29) is 5.69 Å². The Labute approximate surface area is 194 Å². The van der Waals surface area contributed by atoms with E-state index in [9.17, 15) is 4.79 Å². The van der Waals surface area contributed by atoms with Gasteiger partial charge in [-0.15, -0.1) is 10.2 Å². The Balaban J connectivity index is 1.52. The number of nitrogens with zero attached hydrogens (tertiary/aromatic N) is 10. The highest BCUT2D eigenvalue weighted by Crippen LogP contribution is 2.26. The fraction of sp³-hybridized carbons (Fsp3) is 0.273. The Morgan fingerprint density at radius 2 is 1.88 bits per heavy atom. The van der Waals surface area contributed by atoms with Crippen LogP contribution in [0.1, 0.15) is 31.0 Å². The third-order valence-corrected chi connectivity index (χ3v) is 5.69. The quantitative estimate of drug-likeness (QED) is 0.372. The van der Waals surface area contributed by atoms with E-state index in [1.807, 2.05) is 36.5 Å². The van der Waals surface area contributed by atoms with E-state index in [1.165, 1.54) is 9.25 Å². The zero-order valence-corrected chi connectivity index (χ0v) is 18.8. The number of rotatable bonds is 8. The summed E-state index contributed by atoms with van der Waals surface area (Å²) < 4.78 is 4.76. The number of hydrogen-bond donors (Lipinski definition) is 1. The number of H-pyrrole nitrogens is 1. The van der Waals surface area contributed by atoms with Gasteiger partial charge in [0, 0.05) is 36.9 Å². The predicted molar refractivity (Wildman–Crippen MR) is 123 cm³/mol. The number of benzene rings is 1. The summed E-state index contributed by atoms with van der Waals surface area (Å²) in [6.07, 6.45) is 8.16. The van der Waals surface area contributed by atoms with Crippen LogP contribution in [0, 0.1) is 0 Å². The molecule has 0 bridgehead atoms. The fourth-order valence-corrected chi connectivity index (χ4v) is 3.91. The number of aromatic amines is 1. The molecule has 0 aliphatic heterocycles. The molecule has 172 valence electrons. The third-order valence-electron chi connectivity index (χ3n) is 5.69. The Bertz CT molecular complexity index is 1450. The summed E-state index contributed by atoms with van der Waals surface area (Å²) in [6, 6.07) is 9.85. The van der Waals surface area contributed by atoms with E-state index in [2.05, 4.69) is 48.1 Å². The van der Waals surface area contributed by atoms with E-state index in [0.717, 1.165) is 47.2 Å². The minimum atomic E-state index is -0.189. The van der Waals surface area contributed by atoms with Crippen LogP contribution in [-0.2, 0) is 20.0 Å². The van der Waals surface area contributed by atoms with Gasteiger partial charge in [0.1, 0.15) is 0 Å². The standard InChI is InChI=1S/C22H23N11O/c1-3-4-5-18-14-33(21-26-29-30-31(21)2)22(34)32(18)13-17-12-23-11-10-19(17)15-6-8-16(9-7-15)20-24-27-28-25-20/h6-12,14H,3-5,13H2,1-2H3,(H,24,25,27,28). The second kappa shape index (κ2) is 9.17. The minimum absolute atomic E-state index is 0.189. The number of hydrogen-bond acceptors (Lipinski definition) is 8. The molecule has 0 amide bonds. The summed E-state index contributed by atoms with van der Waals surface area (Å²) in [5, 5.41) is 25.7. The molecule has 12 heteroatoms. The van der Waals surface area contributed by atoms with Crippen molar-refractivity contribution in [1.82, 2.24) is 54.9 Å². The van der Waals surface area contributed by atoms with Gasteiger partial charge in [-0.1, -0.05) is 42.7 Å². The van der Waals surface area contributed by atoms with Gasteiger partial charge in [0.25, 0.3) is 5.95 Å². The van der Waals surface area contributed by atoms with Gasteiger partial charge < -0.3 is 0 Å². The number of aryl methyl sites for hydroxylation is 2. The molecule has 0 aliphatic carbocycles. The molecule has 5 rings (SSSR count). The van der Waals surface area contributed by atoms with E-state index in [1.54, 1.807) is 24.0 Å². The number of aromatic nitrogens is 11. The molecule has 5 aromatic rings. The average molecular weight is 458 g/mol. The van der Waals surface area contributed by atoms with Crippen LogP contribution in [0.3, 0.4) is 0 Å². The van der Waals surface area contributed by atoms with Crippen LogP contribution in [0.5, 0.6) is 0 Å². The van der Waals surface area contributed by atoms with Gasteiger partial charge in [-0.05, 0) is 51.2 Å². The molecule has 0 fully saturated rings. The van der Waals surface area contributed by atoms with Crippen molar-refractivity contribution in [3.8, 4) is 28.5 Å². The predicted octanol–water partition coefficient (Wildman–Crippen LogP) is 1.80. The minimum Gasteiger partial charge on any atom is -0.291 e. The maximum absolute atomic E-state index is 13.4. The second-order valence-corrected chi connectivity index (χ2v) is 7.91. The van der Waals surface area contributed by atoms with E-state index in [4.69, 9.17) is 0 Å². The van der Waals surface area contributed by atoms with E-state index < -0.39 is 0 Å². The van der Waals surface area contributed by atoms with E-state index >= 15 is 0 Å². The summed E-state index contributed by atoms with van der Waals surface area (Å²) in [4.78, 5) is 17.7. The van der Waals surface area contributed by atoms with Crippen LogP contribution in [-0.4, -0.2) is 54.9 Å². The zero-order chi connectivity index (χ0) is 23.5. The molecule has 0 aliphatic rings. The van der Waals surface area contributed by atoms with Crippen LogP contribution in [0.4, 0.5) is 0 Å². The van der Waals surface area contributed by atoms with Crippen molar-refractivity contribution in [2.45, 2.75) is 32.7 Å². The van der Waals surface area contributed by atoms with Crippen molar-refractivity contribution in [3.63, 3.8) is 0 Å². The summed E-state index contributed by atoms with van der Waals surface area (Å²) in [7, 11) is 1.71. The Morgan fingerprint density at radius 3 is 2.59 bits per heavy atom. The molecule has 12 nitrogen and oxygen atoms in total. The first-order valence-corrected chi connectivity index (χ1v) is 11.0. The van der Waals surface area contributed by atoms with Crippen LogP contribution >= 0.6 is 0 Å². The number of pyridine rings is 1. The molecule has 0 saturated heterocycles. The molecule has 1 N–H and O–H groups in total. The van der Waals surface area contributed by atoms with Crippen molar-refractivity contribution < 1.29 is 0 Å². The van der Waals surface area contributed by atoms with E-state index in [0.29, 0.717) is 18.3 Å². The van der Waals surface area contributed by atoms with Crippen LogP contribution in [0.15, 0.2) is 53.7 Å². The van der Waals surface area contributed by atoms with Crippen molar-refractivity contribution in [1.29, 1.82) is 0 Å². The normalized spacial score (nSPS) is 11.2. The number of unbranched alkanes of at least 4 members (excludes halogenated alkanes) is 1. The Morgan fingerprint density at radius 1 is 1.06 bits per heavy atom. The molecule has 4 aromatic heterocycles. The van der Waals surface area contributed by atoms with Crippen molar-refractivity contribution in [2.24, 2.45) is 7.05 Å². The molecule has 0 spiro atoms. The monoisotopic (exact) mass is 457 g/mol. The van der Waals surface area contributed by atoms with Crippen molar-refractivity contribution >= 4 is 0 Å². The number of tetrazole rings is 2. The second-order valence-electron chi connectivity index (χ2n) is 7.91. The number of nitrogens with one attached hydrogen (secondary N) is 1. The summed E-state index contributed by atoms with van der Waals surface area (Å²) in [6.45, 7) is 2.51. The first-order valence-electron chi connectivity index (χ1n) is 11.0. The average Bonchev–Trinajstić information content (AvgIpc) is 3.61. The largest absolute Gasteiger partial charge is 0.335 e. The SMILES string of the molecule is CCCCc1cn(-c2nnnn2C)c(=O)n1Cc1cnccc1-c1ccc(-c2nn[nH]n2)cc1. The highest BCUT2D eigenvalue weighted by molar-refractivity contribution is 5.69. The number of imidazole rings is 1. The van der Waals surface area contributed by atoms with Gasteiger partial charge in [0.05, 0.1) is 6.54 Å². The van der Waals surface area contributed by atoms with Gasteiger partial charge in [-0.2, -0.15) is 5.21 Å². The molecule has 34 heavy (non-hydrogen) atoms. The lowest BCUT2D eigenvalue weighted by Gasteiger charge is -2.12. The first kappa shape index (κ1) is 21.4. The summed E-state index contributed by atoms with van der Waals surface area (Å²) in [5.41, 5.74) is 4.54. The molecule has 0 unspecified atom stereocenters. The summed E-state index contributed by atoms with van der Waals surface area (Å²) in [5.74, 6) is 0.915. The molecular weight excluding hydrogens is 434 g/mol. The Kier molecular flexibility index (Phi) is 5.77.